The summed E-state index contributed by atoms with van der Waals surface area (Å²) in [6.07, 6.45) is -4.52. The molecule has 2 aromatic rings. The summed E-state index contributed by atoms with van der Waals surface area (Å²) in [6.45, 7) is 1.75. The van der Waals surface area contributed by atoms with E-state index >= 15 is 0 Å². The Bertz CT molecular complexity index is 619. The van der Waals surface area contributed by atoms with E-state index in [9.17, 15) is 18.0 Å². The molecule has 1 aromatic heterocycles. The van der Waals surface area contributed by atoms with Crippen molar-refractivity contribution in [3.63, 3.8) is 0 Å². The lowest BCUT2D eigenvalue weighted by molar-refractivity contribution is -0.137. The molecule has 0 spiro atoms. The number of rotatable bonds is 3. The van der Waals surface area contributed by atoms with E-state index in [4.69, 9.17) is 9.26 Å². The highest BCUT2D eigenvalue weighted by atomic mass is 19.4. The molecular weight excluding hydrogens is 275 g/mol. The first-order chi connectivity index (χ1) is 9.43. The second-order valence-corrected chi connectivity index (χ2v) is 3.84. The minimum atomic E-state index is -4.52. The number of hydrogen-bond acceptors (Lipinski definition) is 4. The smallest absolute Gasteiger partial charge is 0.417 e. The maximum absolute atomic E-state index is 12.9. The molecule has 2 rings (SSSR count). The summed E-state index contributed by atoms with van der Waals surface area (Å²) in [5.41, 5.74) is -1.20. The van der Waals surface area contributed by atoms with Crippen LogP contribution in [0.25, 0.3) is 11.3 Å². The van der Waals surface area contributed by atoms with Gasteiger partial charge in [0.05, 0.1) is 12.2 Å². The van der Waals surface area contributed by atoms with Gasteiger partial charge in [0, 0.05) is 11.6 Å². The number of benzene rings is 1. The molecule has 0 atom stereocenters. The van der Waals surface area contributed by atoms with Crippen molar-refractivity contribution in [3.05, 3.63) is 41.6 Å². The number of alkyl halides is 3. The van der Waals surface area contributed by atoms with Crippen molar-refractivity contribution in [2.45, 2.75) is 13.1 Å². The number of hydrogen-bond donors (Lipinski definition) is 0. The Morgan fingerprint density at radius 1 is 1.35 bits per heavy atom. The average Bonchev–Trinajstić information content (AvgIpc) is 2.87. The van der Waals surface area contributed by atoms with Gasteiger partial charge in [-0.25, -0.2) is 4.79 Å². The summed E-state index contributed by atoms with van der Waals surface area (Å²) in [4.78, 5) is 11.4. The normalized spacial score (nSPS) is 11.4. The number of aromatic nitrogens is 1. The molecule has 106 valence electrons. The fourth-order valence-electron chi connectivity index (χ4n) is 1.65. The van der Waals surface area contributed by atoms with Crippen LogP contribution in [0, 0.1) is 0 Å². The van der Waals surface area contributed by atoms with Crippen molar-refractivity contribution in [1.82, 2.24) is 5.16 Å². The highest BCUT2D eigenvalue weighted by molar-refractivity contribution is 5.88. The quantitative estimate of drug-likeness (QED) is 0.809. The molecule has 0 radical (unpaired) electrons. The van der Waals surface area contributed by atoms with E-state index in [1.54, 1.807) is 6.92 Å². The van der Waals surface area contributed by atoms with Gasteiger partial charge in [-0.3, -0.25) is 0 Å². The van der Waals surface area contributed by atoms with Crippen LogP contribution in [0.3, 0.4) is 0 Å². The van der Waals surface area contributed by atoms with E-state index in [-0.39, 0.29) is 23.6 Å². The number of carbonyl (C=O) groups is 1. The molecule has 0 bridgehead atoms. The summed E-state index contributed by atoms with van der Waals surface area (Å²) in [7, 11) is 0. The standard InChI is InChI=1S/C13H10F3NO3/c1-2-19-12(18)10-7-11(20-17-10)8-5-3-4-6-9(8)13(14,15)16/h3-7H,2H2,1H3. The van der Waals surface area contributed by atoms with Crippen molar-refractivity contribution in [2.24, 2.45) is 0 Å². The highest BCUT2D eigenvalue weighted by Gasteiger charge is 2.34. The predicted octanol–water partition coefficient (Wildman–Crippen LogP) is 3.54. The average molecular weight is 285 g/mol. The van der Waals surface area contributed by atoms with E-state index in [0.717, 1.165) is 12.1 Å². The zero-order chi connectivity index (χ0) is 14.8. The Balaban J connectivity index is 2.41. The molecule has 0 amide bonds. The van der Waals surface area contributed by atoms with Gasteiger partial charge in [-0.05, 0) is 13.0 Å². The topological polar surface area (TPSA) is 52.3 Å². The third-order valence-corrected chi connectivity index (χ3v) is 2.49. The zero-order valence-electron chi connectivity index (χ0n) is 10.4. The number of nitrogens with zero attached hydrogens (tertiary/aromatic N) is 1. The van der Waals surface area contributed by atoms with Gasteiger partial charge < -0.3 is 9.26 Å². The summed E-state index contributed by atoms with van der Waals surface area (Å²) in [6, 6.07) is 6.02. The number of ether oxygens (including phenoxy) is 1. The molecule has 0 saturated heterocycles. The largest absolute Gasteiger partial charge is 0.461 e. The molecule has 20 heavy (non-hydrogen) atoms. The minimum absolute atomic E-state index is 0.138. The van der Waals surface area contributed by atoms with Gasteiger partial charge in [0.1, 0.15) is 0 Å². The summed E-state index contributed by atoms with van der Waals surface area (Å²) in [5.74, 6) is -0.882. The Kier molecular flexibility index (Phi) is 3.78. The lowest BCUT2D eigenvalue weighted by Gasteiger charge is -2.09. The Morgan fingerprint density at radius 2 is 2.05 bits per heavy atom. The number of esters is 1. The molecule has 0 aliphatic rings. The first-order valence-electron chi connectivity index (χ1n) is 5.74. The lowest BCUT2D eigenvalue weighted by atomic mass is 10.0. The maximum atomic E-state index is 12.9. The van der Waals surface area contributed by atoms with E-state index in [0.29, 0.717) is 0 Å². The molecule has 0 saturated carbocycles. The molecule has 7 heteroatoms. The van der Waals surface area contributed by atoms with E-state index in [1.807, 2.05) is 0 Å². The van der Waals surface area contributed by atoms with Gasteiger partial charge >= 0.3 is 12.1 Å². The summed E-state index contributed by atoms with van der Waals surface area (Å²) >= 11 is 0. The highest BCUT2D eigenvalue weighted by Crippen LogP contribution is 2.37. The lowest BCUT2D eigenvalue weighted by Crippen LogP contribution is -2.06. The zero-order valence-corrected chi connectivity index (χ0v) is 10.4. The van der Waals surface area contributed by atoms with Crippen LogP contribution in [-0.4, -0.2) is 17.7 Å². The second kappa shape index (κ2) is 5.36. The SMILES string of the molecule is CCOC(=O)c1cc(-c2ccccc2C(F)(F)F)on1. The van der Waals surface area contributed by atoms with Crippen molar-refractivity contribution in [3.8, 4) is 11.3 Å². The second-order valence-electron chi connectivity index (χ2n) is 3.84. The third-order valence-electron chi connectivity index (χ3n) is 2.49. The first kappa shape index (κ1) is 14.1. The molecule has 1 heterocycles. The van der Waals surface area contributed by atoms with Crippen LogP contribution >= 0.6 is 0 Å². The van der Waals surface area contributed by atoms with Crippen molar-refractivity contribution >= 4 is 5.97 Å². The first-order valence-corrected chi connectivity index (χ1v) is 5.74. The fraction of sp³-hybridized carbons (Fsp3) is 0.231. The monoisotopic (exact) mass is 285 g/mol. The molecule has 0 aliphatic carbocycles. The van der Waals surface area contributed by atoms with Crippen LogP contribution in [0.15, 0.2) is 34.9 Å². The molecular formula is C13H10F3NO3. The molecule has 1 aromatic carbocycles. The Hall–Kier alpha value is -2.31. The summed E-state index contributed by atoms with van der Waals surface area (Å²) in [5, 5.41) is 3.42. The van der Waals surface area contributed by atoms with Gasteiger partial charge in [-0.15, -0.1) is 0 Å². The molecule has 4 nitrogen and oxygen atoms in total. The van der Waals surface area contributed by atoms with Crippen molar-refractivity contribution in [2.75, 3.05) is 6.61 Å². The van der Waals surface area contributed by atoms with Gasteiger partial charge in [-0.2, -0.15) is 13.2 Å². The summed E-state index contributed by atoms with van der Waals surface area (Å²) < 4.78 is 48.1. The van der Waals surface area contributed by atoms with Crippen LogP contribution in [0.5, 0.6) is 0 Å². The molecule has 0 aliphatic heterocycles. The van der Waals surface area contributed by atoms with Crippen LogP contribution in [0.1, 0.15) is 23.0 Å². The third kappa shape index (κ3) is 2.81. The van der Waals surface area contributed by atoms with E-state index in [1.165, 1.54) is 18.2 Å². The predicted molar refractivity (Wildman–Crippen MR) is 62.9 cm³/mol. The van der Waals surface area contributed by atoms with Crippen molar-refractivity contribution < 1.29 is 27.2 Å². The van der Waals surface area contributed by atoms with Crippen LogP contribution in [0.2, 0.25) is 0 Å². The molecule has 0 fully saturated rings. The van der Waals surface area contributed by atoms with E-state index in [2.05, 4.69) is 5.16 Å². The Labute approximate surface area is 112 Å². The van der Waals surface area contributed by atoms with E-state index < -0.39 is 17.7 Å². The van der Waals surface area contributed by atoms with Crippen molar-refractivity contribution in [1.29, 1.82) is 0 Å². The van der Waals surface area contributed by atoms with Gasteiger partial charge in [-0.1, -0.05) is 23.4 Å². The van der Waals surface area contributed by atoms with Crippen LogP contribution in [0.4, 0.5) is 13.2 Å². The molecule has 0 unspecified atom stereocenters. The van der Waals surface area contributed by atoms with Gasteiger partial charge in [0.25, 0.3) is 0 Å². The van der Waals surface area contributed by atoms with Gasteiger partial charge in [0.15, 0.2) is 11.5 Å². The molecule has 0 N–H and O–H groups in total. The fourth-order valence-corrected chi connectivity index (χ4v) is 1.65. The number of halogens is 3. The number of carbonyl (C=O) groups excluding carboxylic acids is 1. The maximum Gasteiger partial charge on any atom is 0.417 e. The Morgan fingerprint density at radius 3 is 2.70 bits per heavy atom. The van der Waals surface area contributed by atoms with Crippen LogP contribution < -0.4 is 0 Å². The van der Waals surface area contributed by atoms with Crippen LogP contribution in [-0.2, 0) is 10.9 Å². The minimum Gasteiger partial charge on any atom is -0.461 e. The van der Waals surface area contributed by atoms with Gasteiger partial charge in [0.2, 0.25) is 0 Å².